The van der Waals surface area contributed by atoms with Crippen molar-refractivity contribution in [2.75, 3.05) is 51.4 Å². The fourth-order valence-electron chi connectivity index (χ4n) is 3.50. The van der Waals surface area contributed by atoms with Crippen molar-refractivity contribution in [3.05, 3.63) is 24.3 Å². The number of ether oxygens (including phenoxy) is 3. The Balaban J connectivity index is 1.42. The molecule has 0 aromatic heterocycles. The SMILES string of the molecule is CCO[C@@](C)(C(=O)Nc1ccc(OCCCN2CCOCC2)cc1)C1CC1. The molecule has 1 N–H and O–H groups in total. The van der Waals surface area contributed by atoms with E-state index in [1.165, 1.54) is 0 Å². The Morgan fingerprint density at radius 2 is 1.96 bits per heavy atom. The summed E-state index contributed by atoms with van der Waals surface area (Å²) in [7, 11) is 0. The lowest BCUT2D eigenvalue weighted by molar-refractivity contribution is -0.141. The normalized spacial score (nSPS) is 20.1. The van der Waals surface area contributed by atoms with Gasteiger partial charge in [-0.2, -0.15) is 0 Å². The Hall–Kier alpha value is -1.63. The molecule has 0 bridgehead atoms. The van der Waals surface area contributed by atoms with Crippen molar-refractivity contribution in [3.63, 3.8) is 0 Å². The second-order valence-corrected chi connectivity index (χ2v) is 7.45. The third-order valence-corrected chi connectivity index (χ3v) is 5.35. The van der Waals surface area contributed by atoms with Gasteiger partial charge in [-0.3, -0.25) is 9.69 Å². The number of hydrogen-bond donors (Lipinski definition) is 1. The first-order chi connectivity index (χ1) is 13.1. The van der Waals surface area contributed by atoms with E-state index in [9.17, 15) is 4.79 Å². The molecule has 1 aliphatic heterocycles. The summed E-state index contributed by atoms with van der Waals surface area (Å²) >= 11 is 0. The molecule has 1 saturated carbocycles. The fraction of sp³-hybridized carbons (Fsp3) is 0.667. The first-order valence-corrected chi connectivity index (χ1v) is 10.1. The molecule has 1 aromatic carbocycles. The maximum atomic E-state index is 12.7. The summed E-state index contributed by atoms with van der Waals surface area (Å²) in [5.41, 5.74) is 0.0379. The molecule has 2 aliphatic rings. The third-order valence-electron chi connectivity index (χ3n) is 5.35. The van der Waals surface area contributed by atoms with Gasteiger partial charge in [-0.15, -0.1) is 0 Å². The van der Waals surface area contributed by atoms with Crippen molar-refractivity contribution in [2.24, 2.45) is 5.92 Å². The number of rotatable bonds is 10. The van der Waals surface area contributed by atoms with Crippen molar-refractivity contribution in [1.29, 1.82) is 0 Å². The van der Waals surface area contributed by atoms with E-state index in [0.717, 1.165) is 63.5 Å². The molecule has 0 unspecified atom stereocenters. The van der Waals surface area contributed by atoms with Gasteiger partial charge in [0.05, 0.1) is 19.8 Å². The Bertz CT molecular complexity index is 597. The zero-order chi connectivity index (χ0) is 19.1. The number of anilines is 1. The first kappa shape index (κ1) is 20.1. The van der Waals surface area contributed by atoms with Crippen LogP contribution < -0.4 is 10.1 Å². The molecule has 3 rings (SSSR count). The highest BCUT2D eigenvalue weighted by Gasteiger charge is 2.48. The van der Waals surface area contributed by atoms with E-state index < -0.39 is 5.60 Å². The van der Waals surface area contributed by atoms with Crippen LogP contribution in [0.25, 0.3) is 0 Å². The van der Waals surface area contributed by atoms with Gasteiger partial charge in [-0.25, -0.2) is 0 Å². The van der Waals surface area contributed by atoms with Gasteiger partial charge in [0, 0.05) is 31.9 Å². The van der Waals surface area contributed by atoms with E-state index in [4.69, 9.17) is 14.2 Å². The average Bonchev–Trinajstić information content (AvgIpc) is 3.53. The maximum Gasteiger partial charge on any atom is 0.256 e. The molecule has 150 valence electrons. The van der Waals surface area contributed by atoms with Gasteiger partial charge in [0.1, 0.15) is 11.4 Å². The molecule has 6 heteroatoms. The highest BCUT2D eigenvalue weighted by molar-refractivity contribution is 5.97. The summed E-state index contributed by atoms with van der Waals surface area (Å²) in [4.78, 5) is 15.1. The summed E-state index contributed by atoms with van der Waals surface area (Å²) in [6.07, 6.45) is 3.11. The van der Waals surface area contributed by atoms with Crippen LogP contribution in [-0.4, -0.2) is 62.5 Å². The van der Waals surface area contributed by atoms with Gasteiger partial charge >= 0.3 is 0 Å². The van der Waals surface area contributed by atoms with E-state index in [-0.39, 0.29) is 5.91 Å². The second-order valence-electron chi connectivity index (χ2n) is 7.45. The Kier molecular flexibility index (Phi) is 7.10. The van der Waals surface area contributed by atoms with E-state index in [1.54, 1.807) is 0 Å². The van der Waals surface area contributed by atoms with E-state index in [0.29, 0.717) is 19.1 Å². The van der Waals surface area contributed by atoms with Gasteiger partial charge in [0.2, 0.25) is 0 Å². The molecule has 0 spiro atoms. The van der Waals surface area contributed by atoms with Crippen molar-refractivity contribution < 1.29 is 19.0 Å². The number of benzene rings is 1. The van der Waals surface area contributed by atoms with Crippen molar-refractivity contribution >= 4 is 11.6 Å². The predicted molar refractivity (Wildman–Crippen MR) is 105 cm³/mol. The van der Waals surface area contributed by atoms with Gasteiger partial charge in [0.15, 0.2) is 0 Å². The lowest BCUT2D eigenvalue weighted by atomic mass is 9.99. The molecule has 1 atom stereocenters. The average molecular weight is 376 g/mol. The minimum absolute atomic E-state index is 0.0639. The minimum atomic E-state index is -0.733. The zero-order valence-electron chi connectivity index (χ0n) is 16.5. The smallest absolute Gasteiger partial charge is 0.256 e. The maximum absolute atomic E-state index is 12.7. The summed E-state index contributed by atoms with van der Waals surface area (Å²) in [6, 6.07) is 7.57. The van der Waals surface area contributed by atoms with Crippen LogP contribution in [0.15, 0.2) is 24.3 Å². The van der Waals surface area contributed by atoms with Crippen LogP contribution in [0.5, 0.6) is 5.75 Å². The van der Waals surface area contributed by atoms with Crippen molar-refractivity contribution in [3.8, 4) is 5.75 Å². The van der Waals surface area contributed by atoms with Gasteiger partial charge < -0.3 is 19.5 Å². The number of nitrogens with zero attached hydrogens (tertiary/aromatic N) is 1. The highest BCUT2D eigenvalue weighted by Crippen LogP contribution is 2.42. The second kappa shape index (κ2) is 9.53. The topological polar surface area (TPSA) is 60.0 Å². The molecule has 0 radical (unpaired) electrons. The summed E-state index contributed by atoms with van der Waals surface area (Å²) in [6.45, 7) is 9.77. The Labute approximate surface area is 162 Å². The summed E-state index contributed by atoms with van der Waals surface area (Å²) < 4.78 is 16.9. The van der Waals surface area contributed by atoms with Crippen molar-refractivity contribution in [1.82, 2.24) is 4.90 Å². The third kappa shape index (κ3) is 5.67. The molecule has 2 fully saturated rings. The van der Waals surface area contributed by atoms with Gasteiger partial charge in [-0.05, 0) is 63.3 Å². The molecule has 1 amide bonds. The van der Waals surface area contributed by atoms with Crippen LogP contribution >= 0.6 is 0 Å². The number of hydrogen-bond acceptors (Lipinski definition) is 5. The van der Waals surface area contributed by atoms with Crippen LogP contribution in [0.3, 0.4) is 0 Å². The predicted octanol–water partition coefficient (Wildman–Crippen LogP) is 2.93. The van der Waals surface area contributed by atoms with Gasteiger partial charge in [-0.1, -0.05) is 0 Å². The lowest BCUT2D eigenvalue weighted by Crippen LogP contribution is -2.44. The summed E-state index contributed by atoms with van der Waals surface area (Å²) in [5, 5.41) is 2.99. The highest BCUT2D eigenvalue weighted by atomic mass is 16.5. The number of carbonyl (C=O) groups is 1. The molecule has 6 nitrogen and oxygen atoms in total. The number of carbonyl (C=O) groups excluding carboxylic acids is 1. The van der Waals surface area contributed by atoms with Crippen LogP contribution in [0.2, 0.25) is 0 Å². The first-order valence-electron chi connectivity index (χ1n) is 10.1. The molecule has 1 aliphatic carbocycles. The molecule has 1 heterocycles. The summed E-state index contributed by atoms with van der Waals surface area (Å²) in [5.74, 6) is 1.09. The minimum Gasteiger partial charge on any atom is -0.494 e. The molecule has 27 heavy (non-hydrogen) atoms. The number of amides is 1. The quantitative estimate of drug-likeness (QED) is 0.636. The number of nitrogens with one attached hydrogen (secondary N) is 1. The van der Waals surface area contributed by atoms with Crippen LogP contribution in [0, 0.1) is 5.92 Å². The van der Waals surface area contributed by atoms with E-state index >= 15 is 0 Å². The monoisotopic (exact) mass is 376 g/mol. The number of morpholine rings is 1. The molecule has 1 saturated heterocycles. The van der Waals surface area contributed by atoms with E-state index in [1.807, 2.05) is 38.1 Å². The van der Waals surface area contributed by atoms with Crippen LogP contribution in [-0.2, 0) is 14.3 Å². The molecular weight excluding hydrogens is 344 g/mol. The lowest BCUT2D eigenvalue weighted by Gasteiger charge is -2.28. The molecule has 1 aromatic rings. The largest absolute Gasteiger partial charge is 0.494 e. The van der Waals surface area contributed by atoms with Crippen molar-refractivity contribution in [2.45, 2.75) is 38.7 Å². The zero-order valence-corrected chi connectivity index (χ0v) is 16.5. The fourth-order valence-corrected chi connectivity index (χ4v) is 3.50. The molecular formula is C21H32N2O4. The van der Waals surface area contributed by atoms with Crippen LogP contribution in [0.4, 0.5) is 5.69 Å². The van der Waals surface area contributed by atoms with Crippen LogP contribution in [0.1, 0.15) is 33.1 Å². The Morgan fingerprint density at radius 3 is 2.59 bits per heavy atom. The van der Waals surface area contributed by atoms with Gasteiger partial charge in [0.25, 0.3) is 5.91 Å². The Morgan fingerprint density at radius 1 is 1.26 bits per heavy atom. The standard InChI is InChI=1S/C21H32N2O4/c1-3-27-21(2,17-5-6-17)20(24)22-18-7-9-19(10-8-18)26-14-4-11-23-12-15-25-16-13-23/h7-10,17H,3-6,11-16H2,1-2H3,(H,22,24)/t21-/m1/s1. The van der Waals surface area contributed by atoms with E-state index in [2.05, 4.69) is 10.2 Å².